The van der Waals surface area contributed by atoms with Crippen LogP contribution in [0, 0.1) is 6.92 Å². The second-order valence-corrected chi connectivity index (χ2v) is 4.78. The summed E-state index contributed by atoms with van der Waals surface area (Å²) in [6, 6.07) is 3.66. The topological polar surface area (TPSA) is 59.4 Å². The van der Waals surface area contributed by atoms with Crippen molar-refractivity contribution in [1.82, 2.24) is 24.7 Å². The van der Waals surface area contributed by atoms with Crippen LogP contribution < -0.4 is 0 Å². The molecule has 1 N–H and O–H groups in total. The molecule has 3 aromatic heterocycles. The van der Waals surface area contributed by atoms with Crippen molar-refractivity contribution >= 4 is 34.4 Å². The van der Waals surface area contributed by atoms with Crippen LogP contribution in [0.3, 0.4) is 0 Å². The van der Waals surface area contributed by atoms with Crippen molar-refractivity contribution in [2.75, 3.05) is 0 Å². The Labute approximate surface area is 113 Å². The lowest BCUT2D eigenvalue weighted by atomic mass is 10.3. The van der Waals surface area contributed by atoms with Crippen LogP contribution in [0.2, 0.25) is 10.2 Å². The normalized spacial score (nSPS) is 11.3. The summed E-state index contributed by atoms with van der Waals surface area (Å²) in [6.07, 6.45) is 0. The SMILES string of the molecule is Cc1cc(-c2nc3nc(Cl)c(Cl)cc3[nH]2)n(C)n1. The van der Waals surface area contributed by atoms with Gasteiger partial charge in [-0.25, -0.2) is 9.97 Å². The lowest BCUT2D eigenvalue weighted by molar-refractivity contribution is 0.760. The fourth-order valence-electron chi connectivity index (χ4n) is 1.85. The highest BCUT2D eigenvalue weighted by Crippen LogP contribution is 2.26. The number of hydrogen-bond acceptors (Lipinski definition) is 3. The molecule has 0 fully saturated rings. The Hall–Kier alpha value is -1.59. The lowest BCUT2D eigenvalue weighted by Crippen LogP contribution is -1.94. The van der Waals surface area contributed by atoms with E-state index < -0.39 is 0 Å². The standard InChI is InChI=1S/C11H9Cl2N5/c1-5-3-8(18(2)17-5)11-14-7-4-6(12)9(13)15-10(7)16-11/h3-4H,1-2H3,(H,14,15,16). The first-order chi connectivity index (χ1) is 8.54. The summed E-state index contributed by atoms with van der Waals surface area (Å²) < 4.78 is 1.76. The molecule has 92 valence electrons. The number of rotatable bonds is 1. The molecule has 3 aromatic rings. The number of aryl methyl sites for hydroxylation is 2. The number of fused-ring (bicyclic) bond motifs is 1. The lowest BCUT2D eigenvalue weighted by Gasteiger charge is -1.95. The molecule has 0 amide bonds. The van der Waals surface area contributed by atoms with Gasteiger partial charge in [0.05, 0.1) is 16.2 Å². The molecule has 7 heteroatoms. The van der Waals surface area contributed by atoms with E-state index in [9.17, 15) is 0 Å². The van der Waals surface area contributed by atoms with E-state index in [1.807, 2.05) is 20.0 Å². The van der Waals surface area contributed by atoms with Crippen LogP contribution in [0.15, 0.2) is 12.1 Å². The summed E-state index contributed by atoms with van der Waals surface area (Å²) in [4.78, 5) is 11.7. The van der Waals surface area contributed by atoms with E-state index >= 15 is 0 Å². The maximum absolute atomic E-state index is 5.92. The van der Waals surface area contributed by atoms with Gasteiger partial charge in [-0.3, -0.25) is 4.68 Å². The number of pyridine rings is 1. The predicted molar refractivity (Wildman–Crippen MR) is 70.8 cm³/mol. The average molecular weight is 282 g/mol. The highest BCUT2D eigenvalue weighted by Gasteiger charge is 2.12. The Kier molecular flexibility index (Phi) is 2.53. The van der Waals surface area contributed by atoms with E-state index in [1.165, 1.54) is 0 Å². The van der Waals surface area contributed by atoms with Gasteiger partial charge in [-0.15, -0.1) is 0 Å². The fourth-order valence-corrected chi connectivity index (χ4v) is 2.14. The van der Waals surface area contributed by atoms with Crippen molar-refractivity contribution in [2.24, 2.45) is 7.05 Å². The molecular weight excluding hydrogens is 273 g/mol. The number of aromatic amines is 1. The molecule has 0 bridgehead atoms. The van der Waals surface area contributed by atoms with E-state index in [-0.39, 0.29) is 5.15 Å². The van der Waals surface area contributed by atoms with Gasteiger partial charge < -0.3 is 4.98 Å². The summed E-state index contributed by atoms with van der Waals surface area (Å²) >= 11 is 11.8. The van der Waals surface area contributed by atoms with Gasteiger partial charge in [0.25, 0.3) is 0 Å². The summed E-state index contributed by atoms with van der Waals surface area (Å²) in [5.74, 6) is 0.693. The van der Waals surface area contributed by atoms with Crippen molar-refractivity contribution in [2.45, 2.75) is 6.92 Å². The highest BCUT2D eigenvalue weighted by molar-refractivity contribution is 6.41. The van der Waals surface area contributed by atoms with E-state index in [2.05, 4.69) is 20.1 Å². The molecule has 0 aromatic carbocycles. The van der Waals surface area contributed by atoms with Crippen LogP contribution >= 0.6 is 23.2 Å². The second kappa shape index (κ2) is 3.96. The van der Waals surface area contributed by atoms with E-state index in [0.717, 1.165) is 16.9 Å². The van der Waals surface area contributed by atoms with Gasteiger partial charge in [0, 0.05) is 7.05 Å². The molecule has 0 atom stereocenters. The zero-order chi connectivity index (χ0) is 12.9. The predicted octanol–water partition coefficient (Wildman–Crippen LogP) is 2.97. The Morgan fingerprint density at radius 1 is 1.22 bits per heavy atom. The van der Waals surface area contributed by atoms with Crippen LogP contribution in [0.5, 0.6) is 0 Å². The van der Waals surface area contributed by atoms with Gasteiger partial charge in [0.2, 0.25) is 0 Å². The number of hydrogen-bond donors (Lipinski definition) is 1. The highest BCUT2D eigenvalue weighted by atomic mass is 35.5. The number of nitrogens with one attached hydrogen (secondary N) is 1. The zero-order valence-corrected chi connectivity index (χ0v) is 11.2. The van der Waals surface area contributed by atoms with Gasteiger partial charge in [0.1, 0.15) is 10.8 Å². The van der Waals surface area contributed by atoms with Crippen LogP contribution in [-0.2, 0) is 7.05 Å². The monoisotopic (exact) mass is 281 g/mol. The molecule has 18 heavy (non-hydrogen) atoms. The molecule has 0 saturated carbocycles. The fraction of sp³-hybridized carbons (Fsp3) is 0.182. The number of imidazole rings is 1. The number of nitrogens with zero attached hydrogens (tertiary/aromatic N) is 4. The van der Waals surface area contributed by atoms with E-state index in [1.54, 1.807) is 10.7 Å². The third-order valence-electron chi connectivity index (χ3n) is 2.63. The maximum Gasteiger partial charge on any atom is 0.179 e. The molecule has 0 aliphatic heterocycles. The van der Waals surface area contributed by atoms with Crippen LogP contribution in [0.1, 0.15) is 5.69 Å². The largest absolute Gasteiger partial charge is 0.335 e. The van der Waals surface area contributed by atoms with E-state index in [0.29, 0.717) is 16.5 Å². The smallest absolute Gasteiger partial charge is 0.179 e. The summed E-state index contributed by atoms with van der Waals surface area (Å²) in [6.45, 7) is 1.93. The number of halogens is 2. The molecule has 0 radical (unpaired) electrons. The molecule has 0 aliphatic rings. The summed E-state index contributed by atoms with van der Waals surface area (Å²) in [5, 5.41) is 4.93. The molecule has 3 heterocycles. The van der Waals surface area contributed by atoms with Gasteiger partial charge in [-0.05, 0) is 19.1 Å². The molecule has 5 nitrogen and oxygen atoms in total. The van der Waals surface area contributed by atoms with Gasteiger partial charge in [-0.2, -0.15) is 5.10 Å². The van der Waals surface area contributed by atoms with Gasteiger partial charge in [0.15, 0.2) is 11.5 Å². The van der Waals surface area contributed by atoms with Crippen LogP contribution in [0.4, 0.5) is 0 Å². The minimum absolute atomic E-state index is 0.253. The van der Waals surface area contributed by atoms with Crippen molar-refractivity contribution < 1.29 is 0 Å². The second-order valence-electron chi connectivity index (χ2n) is 4.01. The minimum Gasteiger partial charge on any atom is -0.335 e. The zero-order valence-electron chi connectivity index (χ0n) is 9.70. The summed E-state index contributed by atoms with van der Waals surface area (Å²) in [5.41, 5.74) is 3.10. The maximum atomic E-state index is 5.92. The van der Waals surface area contributed by atoms with Crippen molar-refractivity contribution in [3.63, 3.8) is 0 Å². The average Bonchev–Trinajstić information content (AvgIpc) is 2.82. The summed E-state index contributed by atoms with van der Waals surface area (Å²) in [7, 11) is 1.86. The quantitative estimate of drug-likeness (QED) is 0.698. The molecule has 3 rings (SSSR count). The molecule has 0 aliphatic carbocycles. The molecular formula is C11H9Cl2N5. The van der Waals surface area contributed by atoms with Crippen molar-refractivity contribution in [3.05, 3.63) is 28.0 Å². The van der Waals surface area contributed by atoms with Gasteiger partial charge >= 0.3 is 0 Å². The number of H-pyrrole nitrogens is 1. The third kappa shape index (κ3) is 1.76. The Morgan fingerprint density at radius 3 is 2.67 bits per heavy atom. The Morgan fingerprint density at radius 2 is 2.00 bits per heavy atom. The number of aromatic nitrogens is 5. The molecule has 0 unspecified atom stereocenters. The first-order valence-corrected chi connectivity index (χ1v) is 6.03. The Balaban J connectivity index is 2.22. The van der Waals surface area contributed by atoms with E-state index in [4.69, 9.17) is 23.2 Å². The first kappa shape index (κ1) is 11.5. The van der Waals surface area contributed by atoms with Gasteiger partial charge in [-0.1, -0.05) is 23.2 Å². The third-order valence-corrected chi connectivity index (χ3v) is 3.30. The van der Waals surface area contributed by atoms with Crippen molar-refractivity contribution in [1.29, 1.82) is 0 Å². The molecule has 0 spiro atoms. The first-order valence-electron chi connectivity index (χ1n) is 5.27. The van der Waals surface area contributed by atoms with Crippen LogP contribution in [0.25, 0.3) is 22.7 Å². The minimum atomic E-state index is 0.253. The van der Waals surface area contributed by atoms with Crippen molar-refractivity contribution in [3.8, 4) is 11.5 Å². The van der Waals surface area contributed by atoms with Crippen LogP contribution in [-0.4, -0.2) is 24.7 Å². The molecule has 0 saturated heterocycles. The Bertz CT molecular complexity index is 704.